The molecule has 1 amide bonds. The van der Waals surface area contributed by atoms with Gasteiger partial charge in [0.1, 0.15) is 0 Å². The van der Waals surface area contributed by atoms with Crippen molar-refractivity contribution < 1.29 is 9.90 Å². The summed E-state index contributed by atoms with van der Waals surface area (Å²) >= 11 is 0. The van der Waals surface area contributed by atoms with E-state index in [9.17, 15) is 9.90 Å². The predicted octanol–water partition coefficient (Wildman–Crippen LogP) is 1.27. The van der Waals surface area contributed by atoms with Gasteiger partial charge in [-0.25, -0.2) is 0 Å². The van der Waals surface area contributed by atoms with Gasteiger partial charge >= 0.3 is 0 Å². The number of nitrogens with one attached hydrogen (secondary N) is 1. The van der Waals surface area contributed by atoms with Gasteiger partial charge < -0.3 is 16.2 Å². The number of hydrogen-bond acceptors (Lipinski definition) is 3. The second-order valence-electron chi connectivity index (χ2n) is 7.37. The summed E-state index contributed by atoms with van der Waals surface area (Å²) in [5, 5.41) is 12.5. The number of carbonyl (C=O) groups is 1. The van der Waals surface area contributed by atoms with Crippen molar-refractivity contribution in [3.05, 3.63) is 0 Å². The SMILES string of the molecule is CC(O)CC(C)(C)CNC(=O)C1C2CCC(C2)C1N. The largest absolute Gasteiger partial charge is 0.393 e. The Balaban J connectivity index is 1.85. The lowest BCUT2D eigenvalue weighted by atomic mass is 9.83. The Morgan fingerprint density at radius 2 is 2.05 bits per heavy atom. The highest BCUT2D eigenvalue weighted by Crippen LogP contribution is 2.47. The molecule has 0 aliphatic heterocycles. The van der Waals surface area contributed by atoms with E-state index >= 15 is 0 Å². The lowest BCUT2D eigenvalue weighted by molar-refractivity contribution is -0.127. The van der Waals surface area contributed by atoms with Crippen LogP contribution in [0.15, 0.2) is 0 Å². The van der Waals surface area contributed by atoms with Crippen LogP contribution in [-0.2, 0) is 4.79 Å². The van der Waals surface area contributed by atoms with E-state index in [-0.39, 0.29) is 29.4 Å². The molecule has 0 heterocycles. The van der Waals surface area contributed by atoms with Crippen LogP contribution in [0.25, 0.3) is 0 Å². The standard InChI is InChI=1S/C15H28N2O2/c1-9(18)7-15(2,3)8-17-14(19)12-10-4-5-11(6-10)13(12)16/h9-13,18H,4-8,16H2,1-3H3,(H,17,19). The molecule has 0 aromatic rings. The van der Waals surface area contributed by atoms with Crippen molar-refractivity contribution in [2.75, 3.05) is 6.54 Å². The Morgan fingerprint density at radius 3 is 2.58 bits per heavy atom. The van der Waals surface area contributed by atoms with E-state index < -0.39 is 0 Å². The minimum Gasteiger partial charge on any atom is -0.393 e. The molecule has 4 heteroatoms. The third-order valence-electron chi connectivity index (χ3n) is 4.87. The number of carbonyl (C=O) groups excluding carboxylic acids is 1. The van der Waals surface area contributed by atoms with Crippen LogP contribution in [0.4, 0.5) is 0 Å². The van der Waals surface area contributed by atoms with E-state index in [1.54, 1.807) is 6.92 Å². The molecule has 2 aliphatic carbocycles. The molecule has 2 saturated carbocycles. The highest BCUT2D eigenvalue weighted by molar-refractivity contribution is 5.80. The molecule has 2 aliphatic rings. The summed E-state index contributed by atoms with van der Waals surface area (Å²) in [7, 11) is 0. The quantitative estimate of drug-likeness (QED) is 0.703. The Bertz CT molecular complexity index is 339. The molecule has 110 valence electrons. The van der Waals surface area contributed by atoms with E-state index in [0.29, 0.717) is 24.8 Å². The summed E-state index contributed by atoms with van der Waals surface area (Å²) in [6.45, 7) is 6.54. The van der Waals surface area contributed by atoms with Gasteiger partial charge in [-0.1, -0.05) is 13.8 Å². The van der Waals surface area contributed by atoms with Crippen LogP contribution in [0.3, 0.4) is 0 Å². The van der Waals surface area contributed by atoms with Gasteiger partial charge in [-0.3, -0.25) is 4.79 Å². The first-order chi connectivity index (χ1) is 8.80. The first-order valence-corrected chi connectivity index (χ1v) is 7.51. The Labute approximate surface area is 116 Å². The van der Waals surface area contributed by atoms with Gasteiger partial charge in [-0.05, 0) is 49.9 Å². The molecule has 19 heavy (non-hydrogen) atoms. The molecular formula is C15H28N2O2. The highest BCUT2D eigenvalue weighted by atomic mass is 16.3. The molecule has 5 unspecified atom stereocenters. The van der Waals surface area contributed by atoms with Crippen LogP contribution < -0.4 is 11.1 Å². The van der Waals surface area contributed by atoms with Crippen molar-refractivity contribution in [3.63, 3.8) is 0 Å². The minimum absolute atomic E-state index is 0.0149. The normalized spacial score (nSPS) is 35.4. The molecule has 2 rings (SSSR count). The third kappa shape index (κ3) is 3.29. The molecule has 0 aromatic carbocycles. The van der Waals surface area contributed by atoms with E-state index in [0.717, 1.165) is 12.8 Å². The van der Waals surface area contributed by atoms with Gasteiger partial charge in [-0.15, -0.1) is 0 Å². The molecule has 0 aromatic heterocycles. The maximum absolute atomic E-state index is 12.3. The molecule has 0 radical (unpaired) electrons. The summed E-state index contributed by atoms with van der Waals surface area (Å²) in [4.78, 5) is 12.3. The van der Waals surface area contributed by atoms with Crippen LogP contribution in [0.2, 0.25) is 0 Å². The van der Waals surface area contributed by atoms with Crippen molar-refractivity contribution in [1.82, 2.24) is 5.32 Å². The fraction of sp³-hybridized carbons (Fsp3) is 0.933. The lowest BCUT2D eigenvalue weighted by Gasteiger charge is -2.30. The van der Waals surface area contributed by atoms with Crippen LogP contribution in [0.5, 0.6) is 0 Å². The van der Waals surface area contributed by atoms with Gasteiger partial charge in [0.25, 0.3) is 0 Å². The molecule has 2 bridgehead atoms. The minimum atomic E-state index is -0.336. The summed E-state index contributed by atoms with van der Waals surface area (Å²) in [6.07, 6.45) is 3.85. The Hall–Kier alpha value is -0.610. The second kappa shape index (κ2) is 5.41. The van der Waals surface area contributed by atoms with Gasteiger partial charge in [0, 0.05) is 12.6 Å². The molecule has 4 N–H and O–H groups in total. The van der Waals surface area contributed by atoms with Gasteiger partial charge in [0.15, 0.2) is 0 Å². The number of rotatable bonds is 5. The summed E-state index contributed by atoms with van der Waals surface area (Å²) in [5.74, 6) is 1.20. The average Bonchev–Trinajstić information content (AvgIpc) is 2.84. The van der Waals surface area contributed by atoms with Gasteiger partial charge in [0.05, 0.1) is 12.0 Å². The van der Waals surface area contributed by atoms with Crippen molar-refractivity contribution in [2.45, 2.75) is 58.6 Å². The van der Waals surface area contributed by atoms with Crippen LogP contribution >= 0.6 is 0 Å². The Kier molecular flexibility index (Phi) is 4.21. The maximum Gasteiger partial charge on any atom is 0.224 e. The average molecular weight is 268 g/mol. The fourth-order valence-electron chi connectivity index (χ4n) is 4.04. The van der Waals surface area contributed by atoms with E-state index in [1.165, 1.54) is 6.42 Å². The number of amides is 1. The lowest BCUT2D eigenvalue weighted by Crippen LogP contribution is -2.47. The van der Waals surface area contributed by atoms with E-state index in [1.807, 2.05) is 0 Å². The second-order valence-corrected chi connectivity index (χ2v) is 7.37. The summed E-state index contributed by atoms with van der Waals surface area (Å²) < 4.78 is 0. The zero-order valence-electron chi connectivity index (χ0n) is 12.4. The van der Waals surface area contributed by atoms with Crippen molar-refractivity contribution in [1.29, 1.82) is 0 Å². The first-order valence-electron chi connectivity index (χ1n) is 7.51. The van der Waals surface area contributed by atoms with E-state index in [4.69, 9.17) is 5.73 Å². The van der Waals surface area contributed by atoms with Gasteiger partial charge in [-0.2, -0.15) is 0 Å². The maximum atomic E-state index is 12.3. The fourth-order valence-corrected chi connectivity index (χ4v) is 4.04. The first kappa shape index (κ1) is 14.8. The summed E-state index contributed by atoms with van der Waals surface area (Å²) in [5.41, 5.74) is 6.11. The smallest absolute Gasteiger partial charge is 0.224 e. The number of hydrogen-bond donors (Lipinski definition) is 3. The van der Waals surface area contributed by atoms with E-state index in [2.05, 4.69) is 19.2 Å². The molecule has 4 nitrogen and oxygen atoms in total. The third-order valence-corrected chi connectivity index (χ3v) is 4.87. The number of nitrogens with two attached hydrogens (primary N) is 1. The van der Waals surface area contributed by atoms with Crippen LogP contribution in [0, 0.1) is 23.2 Å². The van der Waals surface area contributed by atoms with Crippen LogP contribution in [-0.4, -0.2) is 29.7 Å². The van der Waals surface area contributed by atoms with Crippen molar-refractivity contribution in [2.24, 2.45) is 28.9 Å². The monoisotopic (exact) mass is 268 g/mol. The summed E-state index contributed by atoms with van der Waals surface area (Å²) in [6, 6.07) is 0.0543. The molecule has 2 fully saturated rings. The number of fused-ring (bicyclic) bond motifs is 2. The number of aliphatic hydroxyl groups is 1. The predicted molar refractivity (Wildman–Crippen MR) is 75.4 cm³/mol. The van der Waals surface area contributed by atoms with Crippen LogP contribution in [0.1, 0.15) is 46.5 Å². The highest BCUT2D eigenvalue weighted by Gasteiger charge is 2.49. The zero-order valence-corrected chi connectivity index (χ0v) is 12.4. The van der Waals surface area contributed by atoms with Crippen molar-refractivity contribution in [3.8, 4) is 0 Å². The molecule has 0 spiro atoms. The topological polar surface area (TPSA) is 75.3 Å². The molecule has 5 atom stereocenters. The Morgan fingerprint density at radius 1 is 1.42 bits per heavy atom. The molecular weight excluding hydrogens is 240 g/mol. The zero-order chi connectivity index (χ0) is 14.2. The van der Waals surface area contributed by atoms with Gasteiger partial charge in [0.2, 0.25) is 5.91 Å². The molecule has 0 saturated heterocycles. The van der Waals surface area contributed by atoms with Crippen molar-refractivity contribution >= 4 is 5.91 Å². The number of aliphatic hydroxyl groups excluding tert-OH is 1.